The van der Waals surface area contributed by atoms with Gasteiger partial charge in [-0.3, -0.25) is 4.79 Å². The zero-order chi connectivity index (χ0) is 19.5. The molecule has 3 aliphatic rings. The van der Waals surface area contributed by atoms with Gasteiger partial charge in [-0.2, -0.15) is 0 Å². The summed E-state index contributed by atoms with van der Waals surface area (Å²) in [6.07, 6.45) is 10.9. The third-order valence-corrected chi connectivity index (χ3v) is 6.77. The number of likely N-dealkylation sites (tertiary alicyclic amines) is 1. The van der Waals surface area contributed by atoms with E-state index in [0.29, 0.717) is 11.8 Å². The van der Waals surface area contributed by atoms with E-state index in [1.807, 2.05) is 0 Å². The lowest BCUT2D eigenvalue weighted by Crippen LogP contribution is -2.36. The first-order chi connectivity index (χ1) is 13.7. The van der Waals surface area contributed by atoms with Crippen LogP contribution < -0.4 is 10.6 Å². The number of nitrogens with zero attached hydrogens (tertiary/aromatic N) is 2. The SMILES string of the molecule is N=C/C(=C\N)c1ccc2c(c1)CCN2CC1CCN(C(=O)C2CCCCC2)C1. The van der Waals surface area contributed by atoms with Crippen LogP contribution in [-0.4, -0.2) is 43.2 Å². The van der Waals surface area contributed by atoms with Gasteiger partial charge in [-0.25, -0.2) is 0 Å². The first kappa shape index (κ1) is 19.0. The molecule has 1 aliphatic carbocycles. The minimum absolute atomic E-state index is 0.289. The third kappa shape index (κ3) is 3.80. The minimum atomic E-state index is 0.289. The molecule has 0 spiro atoms. The average molecular weight is 381 g/mol. The van der Waals surface area contributed by atoms with Crippen LogP contribution in [0.25, 0.3) is 5.57 Å². The summed E-state index contributed by atoms with van der Waals surface area (Å²) in [6.45, 7) is 3.93. The van der Waals surface area contributed by atoms with Crippen molar-refractivity contribution in [2.45, 2.75) is 44.9 Å². The van der Waals surface area contributed by atoms with E-state index in [4.69, 9.17) is 11.1 Å². The molecular formula is C23H32N4O. The fraction of sp³-hybridized carbons (Fsp3) is 0.565. The molecule has 1 atom stereocenters. The van der Waals surface area contributed by atoms with Crippen LogP contribution in [0.2, 0.25) is 0 Å². The molecule has 0 aromatic heterocycles. The predicted octanol–water partition coefficient (Wildman–Crippen LogP) is 3.43. The Morgan fingerprint density at radius 2 is 2.00 bits per heavy atom. The van der Waals surface area contributed by atoms with Crippen LogP contribution in [0.4, 0.5) is 5.69 Å². The van der Waals surface area contributed by atoms with Gasteiger partial charge in [-0.15, -0.1) is 0 Å². The quantitative estimate of drug-likeness (QED) is 0.769. The summed E-state index contributed by atoms with van der Waals surface area (Å²) >= 11 is 0. The fourth-order valence-corrected chi connectivity index (χ4v) is 5.17. The Kier molecular flexibility index (Phi) is 5.69. The lowest BCUT2D eigenvalue weighted by molar-refractivity contribution is -0.135. The van der Waals surface area contributed by atoms with Gasteiger partial charge in [0, 0.05) is 55.8 Å². The number of allylic oxidation sites excluding steroid dienone is 1. The summed E-state index contributed by atoms with van der Waals surface area (Å²) in [5.41, 5.74) is 10.1. The van der Waals surface area contributed by atoms with Crippen molar-refractivity contribution < 1.29 is 4.79 Å². The van der Waals surface area contributed by atoms with E-state index in [9.17, 15) is 4.79 Å². The first-order valence-electron chi connectivity index (χ1n) is 10.8. The van der Waals surface area contributed by atoms with Crippen molar-refractivity contribution in [3.05, 3.63) is 35.5 Å². The molecule has 2 heterocycles. The second kappa shape index (κ2) is 8.38. The topological polar surface area (TPSA) is 73.4 Å². The number of nitrogens with two attached hydrogens (primary N) is 1. The highest BCUT2D eigenvalue weighted by Crippen LogP contribution is 2.33. The second-order valence-corrected chi connectivity index (χ2v) is 8.58. The van der Waals surface area contributed by atoms with Crippen LogP contribution in [0.3, 0.4) is 0 Å². The van der Waals surface area contributed by atoms with E-state index < -0.39 is 0 Å². The summed E-state index contributed by atoms with van der Waals surface area (Å²) < 4.78 is 0. The molecule has 1 amide bonds. The molecule has 28 heavy (non-hydrogen) atoms. The van der Waals surface area contributed by atoms with E-state index in [1.165, 1.54) is 42.9 Å². The van der Waals surface area contributed by atoms with Gasteiger partial charge < -0.3 is 20.9 Å². The van der Waals surface area contributed by atoms with Gasteiger partial charge in [0.05, 0.1) is 0 Å². The summed E-state index contributed by atoms with van der Waals surface area (Å²) in [5.74, 6) is 1.28. The summed E-state index contributed by atoms with van der Waals surface area (Å²) in [5, 5.41) is 7.49. The van der Waals surface area contributed by atoms with Crippen LogP contribution in [0.15, 0.2) is 24.4 Å². The molecule has 5 nitrogen and oxygen atoms in total. The highest BCUT2D eigenvalue weighted by Gasteiger charge is 2.33. The molecule has 4 rings (SSSR count). The number of amides is 1. The molecular weight excluding hydrogens is 348 g/mol. The normalized spacial score (nSPS) is 23.1. The summed E-state index contributed by atoms with van der Waals surface area (Å²) in [6, 6.07) is 6.41. The lowest BCUT2D eigenvalue weighted by atomic mass is 9.88. The molecule has 1 saturated heterocycles. The highest BCUT2D eigenvalue weighted by atomic mass is 16.2. The monoisotopic (exact) mass is 380 g/mol. The number of hydrogen-bond donors (Lipinski definition) is 2. The van der Waals surface area contributed by atoms with Gasteiger partial charge in [0.1, 0.15) is 0 Å². The molecule has 3 N–H and O–H groups in total. The van der Waals surface area contributed by atoms with Crippen molar-refractivity contribution in [1.29, 1.82) is 5.41 Å². The summed E-state index contributed by atoms with van der Waals surface area (Å²) in [7, 11) is 0. The van der Waals surface area contributed by atoms with Gasteiger partial charge in [0.25, 0.3) is 0 Å². The molecule has 1 aromatic carbocycles. The van der Waals surface area contributed by atoms with Gasteiger partial charge in [0.2, 0.25) is 5.91 Å². The van der Waals surface area contributed by atoms with Crippen LogP contribution in [0, 0.1) is 17.2 Å². The van der Waals surface area contributed by atoms with Gasteiger partial charge in [-0.05, 0) is 54.9 Å². The van der Waals surface area contributed by atoms with E-state index in [2.05, 4.69) is 28.0 Å². The zero-order valence-corrected chi connectivity index (χ0v) is 16.7. The number of carbonyl (C=O) groups is 1. The van der Waals surface area contributed by atoms with Crippen molar-refractivity contribution in [1.82, 2.24) is 4.90 Å². The Morgan fingerprint density at radius 3 is 2.75 bits per heavy atom. The Bertz CT molecular complexity index is 766. The molecule has 0 bridgehead atoms. The van der Waals surface area contributed by atoms with Crippen molar-refractivity contribution >= 4 is 23.4 Å². The van der Waals surface area contributed by atoms with E-state index in [0.717, 1.165) is 63.0 Å². The molecule has 0 radical (unpaired) electrons. The van der Waals surface area contributed by atoms with Crippen molar-refractivity contribution in [3.63, 3.8) is 0 Å². The molecule has 1 aromatic rings. The number of fused-ring (bicyclic) bond motifs is 1. The number of anilines is 1. The highest BCUT2D eigenvalue weighted by molar-refractivity contribution is 6.08. The Morgan fingerprint density at radius 1 is 1.18 bits per heavy atom. The summed E-state index contributed by atoms with van der Waals surface area (Å²) in [4.78, 5) is 17.4. The number of benzene rings is 1. The number of nitrogens with one attached hydrogen (secondary N) is 1. The van der Waals surface area contributed by atoms with E-state index >= 15 is 0 Å². The van der Waals surface area contributed by atoms with Crippen LogP contribution >= 0.6 is 0 Å². The predicted molar refractivity (Wildman–Crippen MR) is 115 cm³/mol. The van der Waals surface area contributed by atoms with E-state index in [-0.39, 0.29) is 5.92 Å². The Labute approximate surface area is 168 Å². The number of carbonyl (C=O) groups excluding carboxylic acids is 1. The smallest absolute Gasteiger partial charge is 0.225 e. The molecule has 2 aliphatic heterocycles. The first-order valence-corrected chi connectivity index (χ1v) is 10.8. The van der Waals surface area contributed by atoms with Crippen LogP contribution in [0.1, 0.15) is 49.7 Å². The lowest BCUT2D eigenvalue weighted by Gasteiger charge is -2.27. The maximum Gasteiger partial charge on any atom is 0.225 e. The maximum atomic E-state index is 12.8. The van der Waals surface area contributed by atoms with Gasteiger partial charge >= 0.3 is 0 Å². The van der Waals surface area contributed by atoms with Gasteiger partial charge in [-0.1, -0.05) is 25.3 Å². The largest absolute Gasteiger partial charge is 0.404 e. The minimum Gasteiger partial charge on any atom is -0.404 e. The third-order valence-electron chi connectivity index (χ3n) is 6.77. The molecule has 5 heteroatoms. The molecule has 150 valence electrons. The molecule has 1 unspecified atom stereocenters. The zero-order valence-electron chi connectivity index (χ0n) is 16.7. The molecule has 1 saturated carbocycles. The number of rotatable bonds is 5. The fourth-order valence-electron chi connectivity index (χ4n) is 5.17. The number of hydrogen-bond acceptors (Lipinski definition) is 4. The van der Waals surface area contributed by atoms with E-state index in [1.54, 1.807) is 0 Å². The molecule has 2 fully saturated rings. The van der Waals surface area contributed by atoms with Crippen LogP contribution in [0.5, 0.6) is 0 Å². The van der Waals surface area contributed by atoms with Crippen LogP contribution in [-0.2, 0) is 11.2 Å². The Balaban J connectivity index is 1.36. The standard InChI is InChI=1S/C23H32N4O/c24-13-21(14-25)19-6-7-22-20(12-19)9-11-26(22)15-17-8-10-27(16-17)23(28)18-4-2-1-3-5-18/h6-7,12-14,17-18,24H,1-5,8-11,15-16,25H2/b21-14+,24-13?. The van der Waals surface area contributed by atoms with Gasteiger partial charge in [0.15, 0.2) is 0 Å². The second-order valence-electron chi connectivity index (χ2n) is 8.58. The Hall–Kier alpha value is -2.30. The maximum absolute atomic E-state index is 12.8. The van der Waals surface area contributed by atoms with Crippen molar-refractivity contribution in [2.24, 2.45) is 17.6 Å². The van der Waals surface area contributed by atoms with Crippen molar-refractivity contribution in [3.8, 4) is 0 Å². The van der Waals surface area contributed by atoms with Crippen molar-refractivity contribution in [2.75, 3.05) is 31.1 Å². The average Bonchev–Trinajstić information content (AvgIpc) is 3.36.